The smallest absolute Gasteiger partial charge is 0.295 e. The topological polar surface area (TPSA) is 66.8 Å². The van der Waals surface area contributed by atoms with Gasteiger partial charge in [-0.2, -0.15) is 0 Å². The lowest BCUT2D eigenvalue weighted by atomic mass is 9.84. The minimum Gasteiger partial charge on any atom is -0.507 e. The van der Waals surface area contributed by atoms with Gasteiger partial charge in [-0.1, -0.05) is 58.9 Å². The third-order valence-corrected chi connectivity index (χ3v) is 5.99. The molecule has 0 radical (unpaired) electrons. The van der Waals surface area contributed by atoms with Gasteiger partial charge in [0.2, 0.25) is 0 Å². The number of carbonyl (C=O) groups is 2. The second-order valence-corrected chi connectivity index (χ2v) is 9.25. The van der Waals surface area contributed by atoms with Gasteiger partial charge in [0.25, 0.3) is 11.7 Å². The number of Topliss-reactive ketones (excluding diaryl/α,β-unsaturated/α-hetero) is 1. The first kappa shape index (κ1) is 23.6. The Kier molecular flexibility index (Phi) is 6.77. The average molecular weight is 436 g/mol. The summed E-state index contributed by atoms with van der Waals surface area (Å²) in [6, 6.07) is 12.7. The van der Waals surface area contributed by atoms with E-state index in [0.29, 0.717) is 24.3 Å². The fourth-order valence-corrected chi connectivity index (χ4v) is 4.23. The van der Waals surface area contributed by atoms with Crippen LogP contribution >= 0.6 is 0 Å². The number of ketones is 1. The van der Waals surface area contributed by atoms with Gasteiger partial charge < -0.3 is 14.7 Å². The maximum absolute atomic E-state index is 13.1. The van der Waals surface area contributed by atoms with Crippen LogP contribution in [0, 0.1) is 0 Å². The number of ether oxygens (including phenoxy) is 1. The number of benzene rings is 2. The molecule has 0 aliphatic carbocycles. The van der Waals surface area contributed by atoms with E-state index < -0.39 is 17.7 Å². The molecule has 3 rings (SSSR count). The number of aliphatic hydroxyl groups is 1. The number of hydrogen-bond acceptors (Lipinski definition) is 4. The Bertz CT molecular complexity index is 1040. The number of amides is 1. The Morgan fingerprint density at radius 1 is 1.06 bits per heavy atom. The van der Waals surface area contributed by atoms with Crippen LogP contribution in [0.15, 0.2) is 48.0 Å². The molecule has 0 aromatic heterocycles. The zero-order valence-corrected chi connectivity index (χ0v) is 19.9. The van der Waals surface area contributed by atoms with Gasteiger partial charge in [0.05, 0.1) is 18.7 Å². The zero-order chi connectivity index (χ0) is 23.6. The van der Waals surface area contributed by atoms with E-state index in [9.17, 15) is 14.7 Å². The van der Waals surface area contributed by atoms with Crippen LogP contribution in [0.2, 0.25) is 0 Å². The van der Waals surface area contributed by atoms with E-state index in [0.717, 1.165) is 17.5 Å². The predicted molar refractivity (Wildman–Crippen MR) is 127 cm³/mol. The molecule has 1 saturated heterocycles. The summed E-state index contributed by atoms with van der Waals surface area (Å²) in [5.74, 6) is -0.650. The lowest BCUT2D eigenvalue weighted by molar-refractivity contribution is -0.139. The molecule has 2 aromatic rings. The first-order valence-electron chi connectivity index (χ1n) is 11.2. The molecule has 170 valence electrons. The van der Waals surface area contributed by atoms with Gasteiger partial charge >= 0.3 is 0 Å². The fourth-order valence-electron chi connectivity index (χ4n) is 4.23. The van der Waals surface area contributed by atoms with Gasteiger partial charge in [0.15, 0.2) is 0 Å². The number of aliphatic hydroxyl groups excluding tert-OH is 1. The second-order valence-electron chi connectivity index (χ2n) is 9.25. The Morgan fingerprint density at radius 3 is 2.25 bits per heavy atom. The van der Waals surface area contributed by atoms with Crippen molar-refractivity contribution in [2.75, 3.05) is 13.7 Å². The van der Waals surface area contributed by atoms with Crippen molar-refractivity contribution >= 4 is 17.4 Å². The van der Waals surface area contributed by atoms with Crippen LogP contribution in [-0.4, -0.2) is 35.4 Å². The highest BCUT2D eigenvalue weighted by molar-refractivity contribution is 6.46. The molecule has 1 aliphatic rings. The van der Waals surface area contributed by atoms with E-state index in [1.54, 1.807) is 24.1 Å². The molecule has 5 nitrogen and oxygen atoms in total. The van der Waals surface area contributed by atoms with Crippen molar-refractivity contribution in [1.82, 2.24) is 4.90 Å². The number of methoxy groups -OCH3 is 1. The van der Waals surface area contributed by atoms with E-state index >= 15 is 0 Å². The molecule has 0 spiro atoms. The number of hydrogen-bond donors (Lipinski definition) is 1. The van der Waals surface area contributed by atoms with Crippen LogP contribution in [0.4, 0.5) is 0 Å². The minimum absolute atomic E-state index is 0.137. The number of carbonyl (C=O) groups excluding carboxylic acids is 2. The molecular formula is C27H33NO4. The highest BCUT2D eigenvalue weighted by Crippen LogP contribution is 2.41. The summed E-state index contributed by atoms with van der Waals surface area (Å²) in [6.45, 7) is 10.7. The van der Waals surface area contributed by atoms with Crippen LogP contribution in [0.25, 0.3) is 5.76 Å². The van der Waals surface area contributed by atoms with E-state index in [4.69, 9.17) is 4.74 Å². The van der Waals surface area contributed by atoms with Crippen molar-refractivity contribution < 1.29 is 19.4 Å². The van der Waals surface area contributed by atoms with Gasteiger partial charge in [0.1, 0.15) is 11.5 Å². The first-order valence-corrected chi connectivity index (χ1v) is 11.2. The molecule has 1 heterocycles. The lowest BCUT2D eigenvalue weighted by Gasteiger charge is -2.25. The normalized spacial score (nSPS) is 18.3. The van der Waals surface area contributed by atoms with Gasteiger partial charge in [-0.05, 0) is 47.6 Å². The molecule has 1 aliphatic heterocycles. The average Bonchev–Trinajstić information content (AvgIpc) is 3.03. The summed E-state index contributed by atoms with van der Waals surface area (Å²) >= 11 is 0. The predicted octanol–water partition coefficient (Wildman–Crippen LogP) is 5.39. The van der Waals surface area contributed by atoms with Gasteiger partial charge in [-0.25, -0.2) is 0 Å². The molecule has 0 bridgehead atoms. The van der Waals surface area contributed by atoms with Crippen molar-refractivity contribution in [3.63, 3.8) is 0 Å². The number of nitrogens with zero attached hydrogens (tertiary/aromatic N) is 1. The Labute approximate surface area is 190 Å². The number of aryl methyl sites for hydroxylation is 1. The fraction of sp³-hybridized carbons (Fsp3) is 0.407. The first-order chi connectivity index (χ1) is 15.1. The van der Waals surface area contributed by atoms with E-state index in [1.807, 2.05) is 37.3 Å². The largest absolute Gasteiger partial charge is 0.507 e. The molecule has 1 atom stereocenters. The molecule has 5 heteroatoms. The van der Waals surface area contributed by atoms with Crippen LogP contribution in [0.3, 0.4) is 0 Å². The van der Waals surface area contributed by atoms with Gasteiger partial charge in [0, 0.05) is 17.7 Å². The van der Waals surface area contributed by atoms with Crippen molar-refractivity contribution in [1.29, 1.82) is 0 Å². The number of rotatable bonds is 6. The molecule has 32 heavy (non-hydrogen) atoms. The minimum atomic E-state index is -0.645. The Morgan fingerprint density at radius 2 is 1.72 bits per heavy atom. The third-order valence-electron chi connectivity index (χ3n) is 5.99. The zero-order valence-electron chi connectivity index (χ0n) is 19.9. The van der Waals surface area contributed by atoms with Crippen LogP contribution in [-0.2, 0) is 21.4 Å². The van der Waals surface area contributed by atoms with E-state index in [2.05, 4.69) is 27.7 Å². The van der Waals surface area contributed by atoms with Crippen molar-refractivity contribution in [3.8, 4) is 5.75 Å². The standard InChI is InChI=1S/C27H33NO4/c1-7-15-28-23(18-11-9-17(8-2)10-12-18)22(25(30)26(28)31)24(29)19-13-14-21(32-6)20(16-19)27(3,4)5/h9-14,16,23,29H,7-8,15H2,1-6H3/b24-22-. The lowest BCUT2D eigenvalue weighted by Crippen LogP contribution is -2.30. The molecule has 2 aromatic carbocycles. The molecule has 1 fully saturated rings. The molecule has 1 unspecified atom stereocenters. The van der Waals surface area contributed by atoms with E-state index in [-0.39, 0.29) is 16.7 Å². The van der Waals surface area contributed by atoms with Gasteiger partial charge in [-0.15, -0.1) is 0 Å². The number of likely N-dealkylation sites (tertiary alicyclic amines) is 1. The maximum atomic E-state index is 13.1. The summed E-state index contributed by atoms with van der Waals surface area (Å²) in [4.78, 5) is 27.5. The van der Waals surface area contributed by atoms with Crippen LogP contribution < -0.4 is 4.74 Å². The van der Waals surface area contributed by atoms with Crippen LogP contribution in [0.1, 0.15) is 69.3 Å². The van der Waals surface area contributed by atoms with Crippen LogP contribution in [0.5, 0.6) is 5.75 Å². The monoisotopic (exact) mass is 435 g/mol. The summed E-state index contributed by atoms with van der Waals surface area (Å²) in [6.07, 6.45) is 1.62. The van der Waals surface area contributed by atoms with Crippen molar-refractivity contribution in [2.45, 2.75) is 58.9 Å². The summed E-state index contributed by atoms with van der Waals surface area (Å²) < 4.78 is 5.50. The quantitative estimate of drug-likeness (QED) is 0.375. The molecule has 0 saturated carbocycles. The summed E-state index contributed by atoms with van der Waals surface area (Å²) in [5, 5.41) is 11.3. The third kappa shape index (κ3) is 4.29. The highest BCUT2D eigenvalue weighted by atomic mass is 16.5. The molecule has 1 N–H and O–H groups in total. The maximum Gasteiger partial charge on any atom is 0.295 e. The highest BCUT2D eigenvalue weighted by Gasteiger charge is 2.45. The Hall–Kier alpha value is -3.08. The summed E-state index contributed by atoms with van der Waals surface area (Å²) in [7, 11) is 1.61. The Balaban J connectivity index is 2.21. The molecule has 1 amide bonds. The molecular weight excluding hydrogens is 402 g/mol. The van der Waals surface area contributed by atoms with E-state index in [1.165, 1.54) is 5.56 Å². The van der Waals surface area contributed by atoms with Crippen molar-refractivity contribution in [3.05, 3.63) is 70.3 Å². The second kappa shape index (κ2) is 9.19. The van der Waals surface area contributed by atoms with Crippen molar-refractivity contribution in [2.24, 2.45) is 0 Å². The van der Waals surface area contributed by atoms with Gasteiger partial charge in [-0.3, -0.25) is 9.59 Å². The SMILES string of the molecule is CCCN1C(=O)C(=O)/C(=C(\O)c2ccc(OC)c(C(C)(C)C)c2)C1c1ccc(CC)cc1. The summed E-state index contributed by atoms with van der Waals surface area (Å²) in [5.41, 5.74) is 3.31.